The van der Waals surface area contributed by atoms with Gasteiger partial charge in [0.15, 0.2) is 0 Å². The summed E-state index contributed by atoms with van der Waals surface area (Å²) in [6, 6.07) is 9.42. The minimum Gasteiger partial charge on any atom is -0.445 e. The number of carbonyl (C=O) groups excluding carboxylic acids is 1. The maximum Gasteiger partial charge on any atom is 0.409 e. The molecule has 1 aromatic rings. The molecule has 0 aromatic heterocycles. The second-order valence-electron chi connectivity index (χ2n) is 4.69. The first-order valence-corrected chi connectivity index (χ1v) is 6.23. The van der Waals surface area contributed by atoms with Crippen molar-refractivity contribution in [1.29, 1.82) is 0 Å². The first-order chi connectivity index (χ1) is 8.58. The molecular formula is C14H21NO3. The van der Waals surface area contributed by atoms with Gasteiger partial charge in [-0.1, -0.05) is 44.2 Å². The van der Waals surface area contributed by atoms with Crippen molar-refractivity contribution in [2.24, 2.45) is 5.92 Å². The summed E-state index contributed by atoms with van der Waals surface area (Å²) in [6.07, 6.45) is -0.0242. The van der Waals surface area contributed by atoms with E-state index in [2.05, 4.69) is 19.2 Å². The lowest BCUT2D eigenvalue weighted by atomic mass is 10.1. The highest BCUT2D eigenvalue weighted by Crippen LogP contribution is 2.06. The number of carbonyl (C=O) groups is 1. The Bertz CT molecular complexity index is 351. The van der Waals surface area contributed by atoms with E-state index in [4.69, 9.17) is 4.74 Å². The number of ether oxygens (including phenoxy) is 1. The zero-order chi connectivity index (χ0) is 13.4. The smallest absolute Gasteiger partial charge is 0.409 e. The fraction of sp³-hybridized carbons (Fsp3) is 0.500. The van der Waals surface area contributed by atoms with Crippen molar-refractivity contribution in [3.8, 4) is 0 Å². The number of hydrogen-bond donors (Lipinski definition) is 2. The summed E-state index contributed by atoms with van der Waals surface area (Å²) in [6.45, 7) is 4.35. The van der Waals surface area contributed by atoms with Crippen LogP contribution >= 0.6 is 0 Å². The second-order valence-corrected chi connectivity index (χ2v) is 4.69. The minimum absolute atomic E-state index is 0.212. The van der Waals surface area contributed by atoms with Crippen molar-refractivity contribution in [2.75, 3.05) is 0 Å². The number of nitrogens with one attached hydrogen (secondary N) is 1. The van der Waals surface area contributed by atoms with Crippen LogP contribution in [0, 0.1) is 5.92 Å². The minimum atomic E-state index is -0.837. The van der Waals surface area contributed by atoms with Crippen LogP contribution in [0.25, 0.3) is 0 Å². The largest absolute Gasteiger partial charge is 0.445 e. The van der Waals surface area contributed by atoms with Crippen molar-refractivity contribution in [2.45, 2.75) is 39.5 Å². The lowest BCUT2D eigenvalue weighted by Gasteiger charge is -2.14. The number of aliphatic hydroxyl groups excluding tert-OH is 1. The maximum absolute atomic E-state index is 11.4. The lowest BCUT2D eigenvalue weighted by molar-refractivity contribution is 0.0874. The molecule has 0 saturated carbocycles. The van der Waals surface area contributed by atoms with E-state index in [9.17, 15) is 9.90 Å². The monoisotopic (exact) mass is 251 g/mol. The predicted octanol–water partition coefficient (Wildman–Crippen LogP) is 2.67. The molecule has 0 fully saturated rings. The molecule has 100 valence electrons. The molecule has 0 spiro atoms. The van der Waals surface area contributed by atoms with Gasteiger partial charge < -0.3 is 9.84 Å². The van der Waals surface area contributed by atoms with Crippen molar-refractivity contribution >= 4 is 6.09 Å². The van der Waals surface area contributed by atoms with Crippen LogP contribution in [0.1, 0.15) is 32.3 Å². The molecule has 4 heteroatoms. The third kappa shape index (κ3) is 6.25. The molecule has 1 rings (SSSR count). The Morgan fingerprint density at radius 2 is 1.94 bits per heavy atom. The number of hydrogen-bond acceptors (Lipinski definition) is 3. The summed E-state index contributed by atoms with van der Waals surface area (Å²) in [7, 11) is 0. The molecule has 4 nitrogen and oxygen atoms in total. The zero-order valence-electron chi connectivity index (χ0n) is 10.9. The van der Waals surface area contributed by atoms with Crippen LogP contribution in [-0.2, 0) is 11.3 Å². The Morgan fingerprint density at radius 3 is 2.56 bits per heavy atom. The van der Waals surface area contributed by atoms with Gasteiger partial charge >= 0.3 is 6.09 Å². The molecule has 0 aliphatic carbocycles. The molecule has 0 bridgehead atoms. The van der Waals surface area contributed by atoms with E-state index in [1.807, 2.05) is 30.3 Å². The third-order valence-corrected chi connectivity index (χ3v) is 2.51. The number of rotatable bonds is 6. The first-order valence-electron chi connectivity index (χ1n) is 6.23. The van der Waals surface area contributed by atoms with E-state index in [0.29, 0.717) is 12.3 Å². The van der Waals surface area contributed by atoms with Crippen LogP contribution < -0.4 is 5.32 Å². The Kier molecular flexibility index (Phi) is 6.22. The van der Waals surface area contributed by atoms with E-state index in [1.54, 1.807) is 0 Å². The molecule has 2 N–H and O–H groups in total. The Balaban J connectivity index is 2.21. The van der Waals surface area contributed by atoms with Crippen LogP contribution in [-0.4, -0.2) is 17.4 Å². The van der Waals surface area contributed by atoms with Crippen LogP contribution in [0.2, 0.25) is 0 Å². The van der Waals surface area contributed by atoms with Gasteiger partial charge in [-0.05, 0) is 24.3 Å². The van der Waals surface area contributed by atoms with Gasteiger partial charge in [0.25, 0.3) is 0 Å². The standard InChI is InChI=1S/C14H21NO3/c1-11(2)8-9-13(16)15-14(17)18-10-12-6-4-3-5-7-12/h3-7,11,13,16H,8-10H2,1-2H3,(H,15,17). The highest BCUT2D eigenvalue weighted by Gasteiger charge is 2.10. The van der Waals surface area contributed by atoms with E-state index in [0.717, 1.165) is 12.0 Å². The average molecular weight is 251 g/mol. The topological polar surface area (TPSA) is 58.6 Å². The molecule has 18 heavy (non-hydrogen) atoms. The van der Waals surface area contributed by atoms with E-state index in [1.165, 1.54) is 0 Å². The van der Waals surface area contributed by atoms with Gasteiger partial charge in [0.05, 0.1) is 0 Å². The predicted molar refractivity (Wildman–Crippen MR) is 69.8 cm³/mol. The summed E-state index contributed by atoms with van der Waals surface area (Å²) in [5.74, 6) is 0.502. The van der Waals surface area contributed by atoms with Crippen molar-refractivity contribution in [3.63, 3.8) is 0 Å². The maximum atomic E-state index is 11.4. The van der Waals surface area contributed by atoms with Crippen LogP contribution in [0.3, 0.4) is 0 Å². The fourth-order valence-electron chi connectivity index (χ4n) is 1.46. The molecule has 1 aromatic carbocycles. The Labute approximate surface area is 108 Å². The summed E-state index contributed by atoms with van der Waals surface area (Å²) in [5, 5.41) is 12.0. The van der Waals surface area contributed by atoms with Crippen molar-refractivity contribution in [1.82, 2.24) is 5.32 Å². The summed E-state index contributed by atoms with van der Waals surface area (Å²) < 4.78 is 5.00. The average Bonchev–Trinajstić information content (AvgIpc) is 2.35. The SMILES string of the molecule is CC(C)CCC(O)NC(=O)OCc1ccccc1. The summed E-state index contributed by atoms with van der Waals surface area (Å²) >= 11 is 0. The fourth-order valence-corrected chi connectivity index (χ4v) is 1.46. The Morgan fingerprint density at radius 1 is 1.28 bits per heavy atom. The summed E-state index contributed by atoms with van der Waals surface area (Å²) in [5.41, 5.74) is 0.921. The number of amides is 1. The molecule has 0 radical (unpaired) electrons. The Hall–Kier alpha value is -1.55. The number of alkyl carbamates (subject to hydrolysis) is 1. The summed E-state index contributed by atoms with van der Waals surface area (Å²) in [4.78, 5) is 11.4. The highest BCUT2D eigenvalue weighted by molar-refractivity contribution is 5.67. The van der Waals surface area contributed by atoms with Gasteiger partial charge in [0, 0.05) is 0 Å². The molecule has 1 unspecified atom stereocenters. The molecule has 1 atom stereocenters. The van der Waals surface area contributed by atoms with E-state index < -0.39 is 12.3 Å². The number of benzene rings is 1. The third-order valence-electron chi connectivity index (χ3n) is 2.51. The van der Waals surface area contributed by atoms with Gasteiger partial charge in [-0.2, -0.15) is 0 Å². The molecule has 0 saturated heterocycles. The molecule has 1 amide bonds. The van der Waals surface area contributed by atoms with Crippen molar-refractivity contribution < 1.29 is 14.6 Å². The molecule has 0 aliphatic heterocycles. The highest BCUT2D eigenvalue weighted by atomic mass is 16.6. The first kappa shape index (κ1) is 14.5. The number of aliphatic hydroxyl groups is 1. The molecule has 0 heterocycles. The van der Waals surface area contributed by atoms with Crippen molar-refractivity contribution in [3.05, 3.63) is 35.9 Å². The molecular weight excluding hydrogens is 230 g/mol. The normalized spacial score (nSPS) is 12.2. The second kappa shape index (κ2) is 7.71. The zero-order valence-corrected chi connectivity index (χ0v) is 10.9. The van der Waals surface area contributed by atoms with E-state index >= 15 is 0 Å². The van der Waals surface area contributed by atoms with Crippen LogP contribution in [0.5, 0.6) is 0 Å². The van der Waals surface area contributed by atoms with E-state index in [-0.39, 0.29) is 6.61 Å². The molecule has 0 aliphatic rings. The van der Waals surface area contributed by atoms with Gasteiger partial charge in [0.1, 0.15) is 12.8 Å². The quantitative estimate of drug-likeness (QED) is 0.764. The van der Waals surface area contributed by atoms with Crippen LogP contribution in [0.15, 0.2) is 30.3 Å². The van der Waals surface area contributed by atoms with Gasteiger partial charge in [-0.15, -0.1) is 0 Å². The van der Waals surface area contributed by atoms with Gasteiger partial charge in [-0.25, -0.2) is 4.79 Å². The lowest BCUT2D eigenvalue weighted by Crippen LogP contribution is -2.35. The van der Waals surface area contributed by atoms with Crippen LogP contribution in [0.4, 0.5) is 4.79 Å². The van der Waals surface area contributed by atoms with Gasteiger partial charge in [0.2, 0.25) is 0 Å². The van der Waals surface area contributed by atoms with Gasteiger partial charge in [-0.3, -0.25) is 5.32 Å².